The van der Waals surface area contributed by atoms with E-state index in [9.17, 15) is 4.79 Å². The lowest BCUT2D eigenvalue weighted by Crippen LogP contribution is -2.28. The van der Waals surface area contributed by atoms with Gasteiger partial charge in [0.25, 0.3) is 0 Å². The van der Waals surface area contributed by atoms with Crippen LogP contribution in [0.25, 0.3) is 11.5 Å². The minimum atomic E-state index is -0.106. The molecule has 3 heterocycles. The maximum absolute atomic E-state index is 12.5. The molecule has 0 saturated carbocycles. The van der Waals surface area contributed by atoms with Crippen molar-refractivity contribution in [2.75, 3.05) is 13.2 Å². The zero-order chi connectivity index (χ0) is 20.1. The molecule has 1 atom stereocenters. The first-order valence-electron chi connectivity index (χ1n) is 9.66. The number of pyridine rings is 1. The predicted octanol–water partition coefficient (Wildman–Crippen LogP) is 3.10. The number of benzene rings is 1. The molecule has 0 fully saturated rings. The average Bonchev–Trinajstić information content (AvgIpc) is 3.25. The Hall–Kier alpha value is -3.42. The molecule has 29 heavy (non-hydrogen) atoms. The van der Waals surface area contributed by atoms with Crippen molar-refractivity contribution in [3.8, 4) is 23.0 Å². The number of amides is 1. The van der Waals surface area contributed by atoms with E-state index in [-0.39, 0.29) is 18.4 Å². The van der Waals surface area contributed by atoms with Gasteiger partial charge in [0, 0.05) is 19.0 Å². The summed E-state index contributed by atoms with van der Waals surface area (Å²) in [4.78, 5) is 21.0. The molecule has 0 saturated heterocycles. The fraction of sp³-hybridized carbons (Fsp3) is 0.333. The summed E-state index contributed by atoms with van der Waals surface area (Å²) in [5, 5.41) is 6.98. The van der Waals surface area contributed by atoms with Gasteiger partial charge in [-0.2, -0.15) is 4.98 Å². The van der Waals surface area contributed by atoms with Gasteiger partial charge >= 0.3 is 0 Å². The standard InChI is InChI=1S/C21H22N4O4/c1-2-15(14-6-7-17-18(13-14)28-12-11-27-17)23-19(26)8-9-20-24-21(25-29-20)16-5-3-4-10-22-16/h3-7,10,13,15H,2,8-9,11-12H2,1H3,(H,23,26)/t15-/m0/s1. The number of nitrogens with one attached hydrogen (secondary N) is 1. The molecule has 0 spiro atoms. The Morgan fingerprint density at radius 2 is 2.03 bits per heavy atom. The largest absolute Gasteiger partial charge is 0.486 e. The quantitative estimate of drug-likeness (QED) is 0.657. The monoisotopic (exact) mass is 394 g/mol. The number of carbonyl (C=O) groups is 1. The molecule has 4 rings (SSSR count). The van der Waals surface area contributed by atoms with Crippen LogP contribution in [0, 0.1) is 0 Å². The molecular formula is C21H22N4O4. The van der Waals surface area contributed by atoms with Crippen molar-refractivity contribution in [3.05, 3.63) is 54.0 Å². The molecule has 0 aliphatic carbocycles. The number of aromatic nitrogens is 3. The summed E-state index contributed by atoms with van der Waals surface area (Å²) in [6.07, 6.45) is 3.05. The highest BCUT2D eigenvalue weighted by Crippen LogP contribution is 2.33. The van der Waals surface area contributed by atoms with E-state index in [0.717, 1.165) is 17.7 Å². The third-order valence-electron chi connectivity index (χ3n) is 4.64. The lowest BCUT2D eigenvalue weighted by Gasteiger charge is -2.22. The second-order valence-electron chi connectivity index (χ2n) is 6.66. The van der Waals surface area contributed by atoms with E-state index < -0.39 is 0 Å². The van der Waals surface area contributed by atoms with Crippen LogP contribution in [0.3, 0.4) is 0 Å². The molecule has 1 amide bonds. The maximum atomic E-state index is 12.5. The van der Waals surface area contributed by atoms with Crippen LogP contribution in [0.15, 0.2) is 47.1 Å². The van der Waals surface area contributed by atoms with Crippen LogP contribution in [0.2, 0.25) is 0 Å². The number of hydrogen-bond donors (Lipinski definition) is 1. The summed E-state index contributed by atoms with van der Waals surface area (Å²) in [5.41, 5.74) is 1.62. The van der Waals surface area contributed by atoms with Crippen molar-refractivity contribution in [1.29, 1.82) is 0 Å². The molecule has 8 heteroatoms. The van der Waals surface area contributed by atoms with Gasteiger partial charge < -0.3 is 19.3 Å². The van der Waals surface area contributed by atoms with E-state index in [2.05, 4.69) is 20.4 Å². The Labute approximate surface area is 168 Å². The average molecular weight is 394 g/mol. The Bertz CT molecular complexity index is 974. The number of fused-ring (bicyclic) bond motifs is 1. The van der Waals surface area contributed by atoms with Crippen LogP contribution in [0.4, 0.5) is 0 Å². The maximum Gasteiger partial charge on any atom is 0.227 e. The summed E-state index contributed by atoms with van der Waals surface area (Å²) >= 11 is 0. The molecule has 1 aliphatic heterocycles. The molecule has 0 bridgehead atoms. The van der Waals surface area contributed by atoms with Crippen LogP contribution in [0.5, 0.6) is 11.5 Å². The molecular weight excluding hydrogens is 372 g/mol. The fourth-order valence-electron chi connectivity index (χ4n) is 3.14. The third kappa shape index (κ3) is 4.53. The zero-order valence-electron chi connectivity index (χ0n) is 16.1. The Morgan fingerprint density at radius 3 is 2.83 bits per heavy atom. The van der Waals surface area contributed by atoms with Crippen LogP contribution in [-0.4, -0.2) is 34.2 Å². The van der Waals surface area contributed by atoms with E-state index in [1.807, 2.05) is 37.3 Å². The molecule has 1 aliphatic rings. The number of carbonyl (C=O) groups excluding carboxylic acids is 1. The first-order chi connectivity index (χ1) is 14.2. The normalized spacial score (nSPS) is 13.7. The SMILES string of the molecule is CC[C@H](NC(=O)CCc1nc(-c2ccccn2)no1)c1ccc2c(c1)OCCO2. The Morgan fingerprint density at radius 1 is 1.17 bits per heavy atom. The number of aryl methyl sites for hydroxylation is 1. The highest BCUT2D eigenvalue weighted by molar-refractivity contribution is 5.76. The smallest absolute Gasteiger partial charge is 0.227 e. The van der Waals surface area contributed by atoms with E-state index in [1.165, 1.54) is 0 Å². The fourth-order valence-corrected chi connectivity index (χ4v) is 3.14. The number of rotatable bonds is 7. The first-order valence-corrected chi connectivity index (χ1v) is 9.66. The van der Waals surface area contributed by atoms with Gasteiger partial charge in [-0.1, -0.05) is 24.2 Å². The van der Waals surface area contributed by atoms with E-state index in [0.29, 0.717) is 42.8 Å². The van der Waals surface area contributed by atoms with Crippen molar-refractivity contribution in [2.24, 2.45) is 0 Å². The van der Waals surface area contributed by atoms with Gasteiger partial charge in [0.2, 0.25) is 17.6 Å². The van der Waals surface area contributed by atoms with Crippen LogP contribution in [0.1, 0.15) is 37.3 Å². The van der Waals surface area contributed by atoms with Gasteiger partial charge in [0.15, 0.2) is 11.5 Å². The third-order valence-corrected chi connectivity index (χ3v) is 4.64. The highest BCUT2D eigenvalue weighted by atomic mass is 16.6. The first kappa shape index (κ1) is 18.9. The van der Waals surface area contributed by atoms with E-state index in [1.54, 1.807) is 12.3 Å². The van der Waals surface area contributed by atoms with Crippen molar-refractivity contribution < 1.29 is 18.8 Å². The van der Waals surface area contributed by atoms with Crippen LogP contribution < -0.4 is 14.8 Å². The molecule has 1 aromatic carbocycles. The van der Waals surface area contributed by atoms with Gasteiger partial charge in [0.1, 0.15) is 18.9 Å². The highest BCUT2D eigenvalue weighted by Gasteiger charge is 2.18. The lowest BCUT2D eigenvalue weighted by molar-refractivity contribution is -0.121. The van der Waals surface area contributed by atoms with Crippen LogP contribution in [-0.2, 0) is 11.2 Å². The minimum absolute atomic E-state index is 0.0793. The van der Waals surface area contributed by atoms with Gasteiger partial charge in [-0.3, -0.25) is 9.78 Å². The molecule has 0 unspecified atom stereocenters. The van der Waals surface area contributed by atoms with Crippen molar-refractivity contribution in [2.45, 2.75) is 32.2 Å². The topological polar surface area (TPSA) is 99.4 Å². The summed E-state index contributed by atoms with van der Waals surface area (Å²) in [7, 11) is 0. The Balaban J connectivity index is 1.34. The number of hydrogen-bond acceptors (Lipinski definition) is 7. The van der Waals surface area contributed by atoms with Gasteiger partial charge in [-0.05, 0) is 36.2 Å². The van der Waals surface area contributed by atoms with Gasteiger partial charge in [-0.25, -0.2) is 0 Å². The summed E-state index contributed by atoms with van der Waals surface area (Å²) in [6, 6.07) is 11.1. The minimum Gasteiger partial charge on any atom is -0.486 e. The lowest BCUT2D eigenvalue weighted by atomic mass is 10.0. The zero-order valence-corrected chi connectivity index (χ0v) is 16.1. The number of nitrogens with zero attached hydrogens (tertiary/aromatic N) is 3. The molecule has 0 radical (unpaired) electrons. The van der Waals surface area contributed by atoms with Gasteiger partial charge in [0.05, 0.1) is 6.04 Å². The summed E-state index contributed by atoms with van der Waals surface area (Å²) < 4.78 is 16.4. The van der Waals surface area contributed by atoms with Crippen LogP contribution >= 0.6 is 0 Å². The number of ether oxygens (including phenoxy) is 2. The molecule has 2 aromatic heterocycles. The Kier molecular flexibility index (Phi) is 5.69. The molecule has 3 aromatic rings. The van der Waals surface area contributed by atoms with Crippen molar-refractivity contribution in [3.63, 3.8) is 0 Å². The van der Waals surface area contributed by atoms with E-state index >= 15 is 0 Å². The molecule has 1 N–H and O–H groups in total. The second-order valence-corrected chi connectivity index (χ2v) is 6.66. The summed E-state index contributed by atoms with van der Waals surface area (Å²) in [6.45, 7) is 3.11. The van der Waals surface area contributed by atoms with Crippen molar-refractivity contribution in [1.82, 2.24) is 20.4 Å². The van der Waals surface area contributed by atoms with Gasteiger partial charge in [-0.15, -0.1) is 0 Å². The predicted molar refractivity (Wildman–Crippen MR) is 104 cm³/mol. The van der Waals surface area contributed by atoms with Crippen molar-refractivity contribution >= 4 is 5.91 Å². The van der Waals surface area contributed by atoms with E-state index in [4.69, 9.17) is 14.0 Å². The second kappa shape index (κ2) is 8.72. The summed E-state index contributed by atoms with van der Waals surface area (Å²) in [5.74, 6) is 2.21. The molecule has 8 nitrogen and oxygen atoms in total. The molecule has 150 valence electrons.